The molecular formula is C21H21N5OS. The number of thiophene rings is 1. The Labute approximate surface area is 167 Å². The molecule has 4 aromatic rings. The van der Waals surface area contributed by atoms with Crippen LogP contribution >= 0.6 is 11.3 Å². The number of imidazole rings is 1. The molecule has 3 aromatic heterocycles. The summed E-state index contributed by atoms with van der Waals surface area (Å²) in [6.07, 6.45) is 1.83. The summed E-state index contributed by atoms with van der Waals surface area (Å²) >= 11 is 1.65. The Bertz CT molecular complexity index is 1130. The molecule has 7 heteroatoms. The van der Waals surface area contributed by atoms with Crippen molar-refractivity contribution in [2.45, 2.75) is 19.4 Å². The fourth-order valence-corrected chi connectivity index (χ4v) is 3.59. The van der Waals surface area contributed by atoms with Gasteiger partial charge in [0.1, 0.15) is 5.69 Å². The first-order valence-electron chi connectivity index (χ1n) is 8.98. The van der Waals surface area contributed by atoms with Gasteiger partial charge in [0.15, 0.2) is 5.65 Å². The minimum Gasteiger partial charge on any atom is -0.346 e. The van der Waals surface area contributed by atoms with E-state index in [2.05, 4.69) is 10.3 Å². The van der Waals surface area contributed by atoms with E-state index in [9.17, 15) is 4.79 Å². The lowest BCUT2D eigenvalue weighted by atomic mass is 10.0. The van der Waals surface area contributed by atoms with Gasteiger partial charge in [-0.15, -0.1) is 11.3 Å². The van der Waals surface area contributed by atoms with E-state index in [0.717, 1.165) is 27.5 Å². The van der Waals surface area contributed by atoms with Gasteiger partial charge < -0.3 is 11.1 Å². The summed E-state index contributed by atoms with van der Waals surface area (Å²) in [7, 11) is 0. The highest BCUT2D eigenvalue weighted by atomic mass is 32.1. The van der Waals surface area contributed by atoms with Gasteiger partial charge >= 0.3 is 0 Å². The second-order valence-electron chi connectivity index (χ2n) is 7.23. The van der Waals surface area contributed by atoms with E-state index in [1.807, 2.05) is 72.4 Å². The van der Waals surface area contributed by atoms with E-state index in [-0.39, 0.29) is 5.91 Å². The van der Waals surface area contributed by atoms with Gasteiger partial charge in [-0.05, 0) is 49.6 Å². The smallest absolute Gasteiger partial charge is 0.251 e. The number of hydrogen-bond acceptors (Lipinski definition) is 5. The average molecular weight is 392 g/mol. The molecule has 0 fully saturated rings. The molecule has 0 saturated heterocycles. The second-order valence-corrected chi connectivity index (χ2v) is 8.18. The highest BCUT2D eigenvalue weighted by molar-refractivity contribution is 7.13. The van der Waals surface area contributed by atoms with Crippen LogP contribution in [0, 0.1) is 0 Å². The first-order chi connectivity index (χ1) is 13.5. The Morgan fingerprint density at radius 2 is 2.07 bits per heavy atom. The van der Waals surface area contributed by atoms with Crippen molar-refractivity contribution >= 4 is 22.9 Å². The van der Waals surface area contributed by atoms with Crippen molar-refractivity contribution in [2.75, 3.05) is 6.54 Å². The van der Waals surface area contributed by atoms with Crippen LogP contribution in [0.25, 0.3) is 27.5 Å². The predicted molar refractivity (Wildman–Crippen MR) is 112 cm³/mol. The van der Waals surface area contributed by atoms with Crippen molar-refractivity contribution < 1.29 is 4.79 Å². The van der Waals surface area contributed by atoms with Crippen LogP contribution in [-0.2, 0) is 0 Å². The van der Waals surface area contributed by atoms with Gasteiger partial charge in [-0.25, -0.2) is 9.50 Å². The van der Waals surface area contributed by atoms with Gasteiger partial charge in [-0.1, -0.05) is 18.2 Å². The Morgan fingerprint density at radius 1 is 1.21 bits per heavy atom. The molecule has 0 aliphatic heterocycles. The van der Waals surface area contributed by atoms with Crippen LogP contribution in [0.1, 0.15) is 24.2 Å². The molecule has 0 aliphatic carbocycles. The monoisotopic (exact) mass is 391 g/mol. The summed E-state index contributed by atoms with van der Waals surface area (Å²) in [5, 5.41) is 9.75. The molecule has 28 heavy (non-hydrogen) atoms. The fourth-order valence-electron chi connectivity index (χ4n) is 2.87. The van der Waals surface area contributed by atoms with Crippen LogP contribution in [0.2, 0.25) is 0 Å². The molecule has 3 heterocycles. The predicted octanol–water partition coefficient (Wildman–Crippen LogP) is 3.59. The summed E-state index contributed by atoms with van der Waals surface area (Å²) in [6.45, 7) is 4.16. The Balaban J connectivity index is 1.70. The van der Waals surface area contributed by atoms with Gasteiger partial charge in [-0.2, -0.15) is 5.10 Å². The van der Waals surface area contributed by atoms with E-state index < -0.39 is 5.54 Å². The van der Waals surface area contributed by atoms with E-state index in [0.29, 0.717) is 12.1 Å². The summed E-state index contributed by atoms with van der Waals surface area (Å²) in [5.41, 5.74) is 9.20. The second kappa shape index (κ2) is 7.18. The van der Waals surface area contributed by atoms with Gasteiger partial charge in [-0.3, -0.25) is 4.79 Å². The van der Waals surface area contributed by atoms with E-state index in [1.54, 1.807) is 17.4 Å². The van der Waals surface area contributed by atoms with E-state index >= 15 is 0 Å². The maximum atomic E-state index is 12.6. The maximum Gasteiger partial charge on any atom is 0.251 e. The molecule has 0 atom stereocenters. The molecule has 0 spiro atoms. The van der Waals surface area contributed by atoms with E-state index in [1.165, 1.54) is 0 Å². The number of hydrogen-bond donors (Lipinski definition) is 2. The van der Waals surface area contributed by atoms with Gasteiger partial charge in [0.05, 0.1) is 16.8 Å². The highest BCUT2D eigenvalue weighted by Crippen LogP contribution is 2.26. The SMILES string of the molecule is CC(C)(CN)NC(=O)c1cccc(-c2ccc3ncc(-c4cccs4)n3n2)c1. The molecule has 6 nitrogen and oxygen atoms in total. The van der Waals surface area contributed by atoms with Crippen molar-refractivity contribution in [1.29, 1.82) is 0 Å². The van der Waals surface area contributed by atoms with Gasteiger partial charge in [0.25, 0.3) is 5.91 Å². The third-order valence-electron chi connectivity index (χ3n) is 4.52. The Morgan fingerprint density at radius 3 is 2.82 bits per heavy atom. The molecule has 0 aliphatic rings. The number of nitrogens with zero attached hydrogens (tertiary/aromatic N) is 3. The van der Waals surface area contributed by atoms with E-state index in [4.69, 9.17) is 10.8 Å². The van der Waals surface area contributed by atoms with Crippen LogP contribution in [0.15, 0.2) is 60.1 Å². The number of amides is 1. The fraction of sp³-hybridized carbons (Fsp3) is 0.190. The lowest BCUT2D eigenvalue weighted by Crippen LogP contribution is -2.48. The number of benzene rings is 1. The zero-order valence-electron chi connectivity index (χ0n) is 15.7. The number of fused-ring (bicyclic) bond motifs is 1. The molecule has 0 bridgehead atoms. The quantitative estimate of drug-likeness (QED) is 0.544. The summed E-state index contributed by atoms with van der Waals surface area (Å²) in [4.78, 5) is 18.1. The van der Waals surface area contributed by atoms with Crippen molar-refractivity contribution in [3.8, 4) is 21.8 Å². The first kappa shape index (κ1) is 18.3. The average Bonchev–Trinajstić information content (AvgIpc) is 3.36. The largest absolute Gasteiger partial charge is 0.346 e. The minimum atomic E-state index is -0.462. The molecule has 4 rings (SSSR count). The zero-order chi connectivity index (χ0) is 19.7. The van der Waals surface area contributed by atoms with Gasteiger partial charge in [0.2, 0.25) is 0 Å². The normalized spacial score (nSPS) is 11.7. The summed E-state index contributed by atoms with van der Waals surface area (Å²) < 4.78 is 1.84. The van der Waals surface area contributed by atoms with Crippen LogP contribution in [0.5, 0.6) is 0 Å². The first-order valence-corrected chi connectivity index (χ1v) is 9.86. The lowest BCUT2D eigenvalue weighted by molar-refractivity contribution is 0.0916. The number of carbonyl (C=O) groups is 1. The minimum absolute atomic E-state index is 0.153. The molecular weight excluding hydrogens is 370 g/mol. The highest BCUT2D eigenvalue weighted by Gasteiger charge is 2.19. The summed E-state index contributed by atoms with van der Waals surface area (Å²) in [6, 6.07) is 15.3. The van der Waals surface area contributed by atoms with Crippen LogP contribution in [0.3, 0.4) is 0 Å². The molecule has 142 valence electrons. The number of nitrogens with one attached hydrogen (secondary N) is 1. The third-order valence-corrected chi connectivity index (χ3v) is 5.41. The van der Waals surface area contributed by atoms with Crippen LogP contribution < -0.4 is 11.1 Å². The maximum absolute atomic E-state index is 12.6. The Hall–Kier alpha value is -3.03. The van der Waals surface area contributed by atoms with Crippen LogP contribution in [0.4, 0.5) is 0 Å². The lowest BCUT2D eigenvalue weighted by Gasteiger charge is -2.24. The van der Waals surface area contributed by atoms with Crippen molar-refractivity contribution in [2.24, 2.45) is 5.73 Å². The van der Waals surface area contributed by atoms with Crippen molar-refractivity contribution in [3.63, 3.8) is 0 Å². The van der Waals surface area contributed by atoms with Gasteiger partial charge in [0, 0.05) is 23.2 Å². The topological polar surface area (TPSA) is 85.3 Å². The number of aromatic nitrogens is 3. The zero-order valence-corrected chi connectivity index (χ0v) is 16.5. The van der Waals surface area contributed by atoms with Crippen molar-refractivity contribution in [1.82, 2.24) is 19.9 Å². The Kier molecular flexibility index (Phi) is 4.70. The standard InChI is InChI=1S/C21H21N5OS/c1-21(2,13-22)24-20(27)15-6-3-5-14(11-15)16-8-9-19-23-12-17(26(19)25-16)18-7-4-10-28-18/h3-12H,13,22H2,1-2H3,(H,24,27). The molecule has 0 unspecified atom stereocenters. The number of carbonyl (C=O) groups excluding carboxylic acids is 1. The van der Waals surface area contributed by atoms with Crippen molar-refractivity contribution in [3.05, 3.63) is 65.7 Å². The molecule has 0 radical (unpaired) electrons. The van der Waals surface area contributed by atoms with Crippen LogP contribution in [-0.4, -0.2) is 32.6 Å². The number of rotatable bonds is 5. The summed E-state index contributed by atoms with van der Waals surface area (Å²) in [5.74, 6) is -0.153. The third kappa shape index (κ3) is 3.54. The number of nitrogens with two attached hydrogens (primary N) is 1. The molecule has 1 amide bonds. The molecule has 3 N–H and O–H groups in total. The molecule has 1 aromatic carbocycles. The molecule has 0 saturated carbocycles.